The van der Waals surface area contributed by atoms with Crippen LogP contribution in [0.25, 0.3) is 0 Å². The van der Waals surface area contributed by atoms with E-state index in [1.165, 1.54) is 128 Å². The fourth-order valence-corrected chi connectivity index (χ4v) is 8.77. The zero-order valence-corrected chi connectivity index (χ0v) is 49.7. The minimum Gasteiger partial charge on any atom is -0.462 e. The van der Waals surface area contributed by atoms with E-state index in [1.54, 1.807) is 0 Å². The molecule has 1 atom stereocenters. The highest BCUT2D eigenvalue weighted by Crippen LogP contribution is 2.16. The Kier molecular flexibility index (Phi) is 60.3. The number of hydrogen-bond donors (Lipinski definition) is 0. The minimum atomic E-state index is -0.795. The average molecular weight is 1060 g/mol. The molecular formula is C70H118O6. The van der Waals surface area contributed by atoms with Gasteiger partial charge in [-0.1, -0.05) is 265 Å². The normalized spacial score (nSPS) is 12.8. The highest BCUT2D eigenvalue weighted by atomic mass is 16.6. The molecule has 434 valence electrons. The molecule has 0 saturated heterocycles. The highest BCUT2D eigenvalue weighted by Gasteiger charge is 2.19. The number of allylic oxidation sites excluding steroid dienone is 18. The van der Waals surface area contributed by atoms with Crippen LogP contribution in [0.5, 0.6) is 0 Å². The molecule has 0 radical (unpaired) electrons. The van der Waals surface area contributed by atoms with Crippen molar-refractivity contribution in [1.29, 1.82) is 0 Å². The molecule has 0 aliphatic rings. The fraction of sp³-hybridized carbons (Fsp3) is 0.700. The van der Waals surface area contributed by atoms with Gasteiger partial charge in [-0.05, 0) is 122 Å². The molecule has 0 fully saturated rings. The topological polar surface area (TPSA) is 78.9 Å². The summed E-state index contributed by atoms with van der Waals surface area (Å²) < 4.78 is 16.9. The largest absolute Gasteiger partial charge is 0.462 e. The fourth-order valence-electron chi connectivity index (χ4n) is 8.77. The summed E-state index contributed by atoms with van der Waals surface area (Å²) in [4.78, 5) is 38.2. The molecule has 0 aromatic carbocycles. The summed E-state index contributed by atoms with van der Waals surface area (Å²) >= 11 is 0. The number of unbranched alkanes of at least 4 members (excludes halogenated alkanes) is 28. The van der Waals surface area contributed by atoms with Crippen LogP contribution >= 0.6 is 0 Å². The van der Waals surface area contributed by atoms with E-state index >= 15 is 0 Å². The molecule has 0 N–H and O–H groups in total. The summed E-state index contributed by atoms with van der Waals surface area (Å²) in [5.74, 6) is -0.923. The third kappa shape index (κ3) is 60.9. The van der Waals surface area contributed by atoms with E-state index in [4.69, 9.17) is 14.2 Å². The maximum atomic E-state index is 12.9. The molecule has 0 aromatic rings. The van der Waals surface area contributed by atoms with Gasteiger partial charge in [-0.3, -0.25) is 14.4 Å². The van der Waals surface area contributed by atoms with E-state index in [1.807, 2.05) is 0 Å². The van der Waals surface area contributed by atoms with Crippen LogP contribution < -0.4 is 0 Å². The SMILES string of the molecule is CC/C=C\C/C=C\C/C=C\C/C=C\C/C=C\CCCCCCCCCCCCCCCCCC(=O)OCC(COC(=O)CCCCC/C=C\C/C=C\C/C=C\CC)OC(=O)CCCCCCC/C=C\CCCCCCC. The molecule has 0 saturated carbocycles. The quantitative estimate of drug-likeness (QED) is 0.0261. The average Bonchev–Trinajstić information content (AvgIpc) is 3.42. The van der Waals surface area contributed by atoms with Gasteiger partial charge in [0.2, 0.25) is 0 Å². The van der Waals surface area contributed by atoms with Crippen molar-refractivity contribution in [2.45, 2.75) is 303 Å². The summed E-state index contributed by atoms with van der Waals surface area (Å²) in [6.45, 7) is 6.38. The van der Waals surface area contributed by atoms with Crippen LogP contribution in [-0.4, -0.2) is 37.2 Å². The van der Waals surface area contributed by atoms with Gasteiger partial charge in [0.15, 0.2) is 6.10 Å². The van der Waals surface area contributed by atoms with Gasteiger partial charge in [-0.2, -0.15) is 0 Å². The first kappa shape index (κ1) is 72.1. The zero-order valence-electron chi connectivity index (χ0n) is 49.7. The molecule has 6 heteroatoms. The Morgan fingerprint density at radius 1 is 0.276 bits per heavy atom. The standard InChI is InChI=1S/C70H118O6/c1-4-7-10-13-16-19-22-25-27-28-29-30-31-32-33-34-35-36-37-38-39-40-41-42-43-46-48-51-54-57-60-63-69(72)75-66-67(65-74-68(71)62-59-56-53-50-47-44-24-21-18-15-12-9-6-3)76-70(73)64-61-58-55-52-49-45-26-23-20-17-14-11-8-5-2/h7,9-10,12,16,18-19,21,23,25-27,29-30,32-33,44,47,67H,4-6,8,11,13-15,17,20,22,24,28,31,34-43,45-46,48-66H2,1-3H3/b10-7-,12-9-,19-16-,21-18-,26-23-,27-25-,30-29-,33-32-,47-44-. The van der Waals surface area contributed by atoms with Crippen molar-refractivity contribution in [3.63, 3.8) is 0 Å². The van der Waals surface area contributed by atoms with Crippen LogP contribution in [0.2, 0.25) is 0 Å². The van der Waals surface area contributed by atoms with Crippen LogP contribution in [0, 0.1) is 0 Å². The van der Waals surface area contributed by atoms with E-state index in [9.17, 15) is 14.4 Å². The Hall–Kier alpha value is -3.93. The van der Waals surface area contributed by atoms with Gasteiger partial charge < -0.3 is 14.2 Å². The maximum Gasteiger partial charge on any atom is 0.306 e. The van der Waals surface area contributed by atoms with Crippen LogP contribution in [0.15, 0.2) is 109 Å². The van der Waals surface area contributed by atoms with Crippen LogP contribution in [0.3, 0.4) is 0 Å². The van der Waals surface area contributed by atoms with Gasteiger partial charge in [0.25, 0.3) is 0 Å². The van der Waals surface area contributed by atoms with Crippen LogP contribution in [0.1, 0.15) is 297 Å². The number of carbonyl (C=O) groups is 3. The monoisotopic (exact) mass is 1050 g/mol. The molecule has 76 heavy (non-hydrogen) atoms. The van der Waals surface area contributed by atoms with Gasteiger partial charge >= 0.3 is 17.9 Å². The number of esters is 3. The van der Waals surface area contributed by atoms with Gasteiger partial charge in [0.05, 0.1) is 0 Å². The lowest BCUT2D eigenvalue weighted by Gasteiger charge is -2.18. The van der Waals surface area contributed by atoms with Crippen molar-refractivity contribution in [3.05, 3.63) is 109 Å². The van der Waals surface area contributed by atoms with Crippen LogP contribution in [-0.2, 0) is 28.6 Å². The second-order valence-electron chi connectivity index (χ2n) is 20.9. The third-order valence-electron chi connectivity index (χ3n) is 13.5. The lowest BCUT2D eigenvalue weighted by atomic mass is 10.0. The Morgan fingerprint density at radius 3 is 0.829 bits per heavy atom. The first-order chi connectivity index (χ1) is 37.5. The molecule has 0 aliphatic carbocycles. The molecular weight excluding hydrogens is 937 g/mol. The number of carbonyl (C=O) groups excluding carboxylic acids is 3. The van der Waals surface area contributed by atoms with Crippen molar-refractivity contribution in [3.8, 4) is 0 Å². The van der Waals surface area contributed by atoms with Gasteiger partial charge in [-0.25, -0.2) is 0 Å². The summed E-state index contributed by atoms with van der Waals surface area (Å²) in [5.41, 5.74) is 0. The predicted molar refractivity (Wildman–Crippen MR) is 330 cm³/mol. The van der Waals surface area contributed by atoms with E-state index in [-0.39, 0.29) is 31.1 Å². The maximum absolute atomic E-state index is 12.9. The molecule has 0 aromatic heterocycles. The van der Waals surface area contributed by atoms with Crippen molar-refractivity contribution in [2.24, 2.45) is 0 Å². The lowest BCUT2D eigenvalue weighted by molar-refractivity contribution is -0.167. The van der Waals surface area contributed by atoms with Gasteiger partial charge in [-0.15, -0.1) is 0 Å². The van der Waals surface area contributed by atoms with Crippen molar-refractivity contribution < 1.29 is 28.6 Å². The molecule has 0 spiro atoms. The Bertz CT molecular complexity index is 1540. The summed E-state index contributed by atoms with van der Waals surface area (Å²) in [6.07, 6.45) is 86.8. The Balaban J connectivity index is 4.20. The summed E-state index contributed by atoms with van der Waals surface area (Å²) in [7, 11) is 0. The Labute approximate surface area is 470 Å². The van der Waals surface area contributed by atoms with Gasteiger partial charge in [0.1, 0.15) is 13.2 Å². The van der Waals surface area contributed by atoms with E-state index in [2.05, 4.69) is 130 Å². The Morgan fingerprint density at radius 2 is 0.513 bits per heavy atom. The molecule has 0 heterocycles. The second kappa shape index (κ2) is 63.6. The van der Waals surface area contributed by atoms with Gasteiger partial charge in [0, 0.05) is 19.3 Å². The zero-order chi connectivity index (χ0) is 55.0. The van der Waals surface area contributed by atoms with E-state index < -0.39 is 6.10 Å². The van der Waals surface area contributed by atoms with Crippen molar-refractivity contribution >= 4 is 17.9 Å². The highest BCUT2D eigenvalue weighted by molar-refractivity contribution is 5.71. The minimum absolute atomic E-state index is 0.0898. The number of hydrogen-bond acceptors (Lipinski definition) is 6. The lowest BCUT2D eigenvalue weighted by Crippen LogP contribution is -2.30. The molecule has 0 rings (SSSR count). The number of rotatable bonds is 57. The predicted octanol–water partition coefficient (Wildman–Crippen LogP) is 21.8. The van der Waals surface area contributed by atoms with E-state index in [0.29, 0.717) is 19.3 Å². The molecule has 0 amide bonds. The third-order valence-corrected chi connectivity index (χ3v) is 13.5. The van der Waals surface area contributed by atoms with Crippen molar-refractivity contribution in [2.75, 3.05) is 13.2 Å². The summed E-state index contributed by atoms with van der Waals surface area (Å²) in [5, 5.41) is 0. The molecule has 0 bridgehead atoms. The van der Waals surface area contributed by atoms with Crippen LogP contribution in [0.4, 0.5) is 0 Å². The summed E-state index contributed by atoms with van der Waals surface area (Å²) in [6, 6.07) is 0. The first-order valence-electron chi connectivity index (χ1n) is 31.9. The molecule has 6 nitrogen and oxygen atoms in total. The van der Waals surface area contributed by atoms with Crippen molar-refractivity contribution in [1.82, 2.24) is 0 Å². The first-order valence-corrected chi connectivity index (χ1v) is 31.9. The second-order valence-corrected chi connectivity index (χ2v) is 20.9. The molecule has 0 aliphatic heterocycles. The smallest absolute Gasteiger partial charge is 0.306 e. The molecule has 1 unspecified atom stereocenters. The number of ether oxygens (including phenoxy) is 3. The van der Waals surface area contributed by atoms with E-state index in [0.717, 1.165) is 128 Å².